The van der Waals surface area contributed by atoms with Crippen molar-refractivity contribution >= 4 is 16.9 Å². The van der Waals surface area contributed by atoms with Crippen LogP contribution in [0.1, 0.15) is 12.2 Å². The number of carbonyl (C=O) groups is 1. The average Bonchev–Trinajstić information content (AvgIpc) is 2.95. The number of furan rings is 1. The number of nitrogens with one attached hydrogen (secondary N) is 1. The van der Waals surface area contributed by atoms with E-state index in [4.69, 9.17) is 9.15 Å². The van der Waals surface area contributed by atoms with Crippen LogP contribution in [0.3, 0.4) is 0 Å². The van der Waals surface area contributed by atoms with Gasteiger partial charge in [-0.3, -0.25) is 4.79 Å². The Hall–Kier alpha value is -1.85. The molecule has 0 unspecified atom stereocenters. The second-order valence-corrected chi connectivity index (χ2v) is 5.17. The van der Waals surface area contributed by atoms with Gasteiger partial charge in [0.05, 0.1) is 19.8 Å². The van der Waals surface area contributed by atoms with Crippen LogP contribution in [0.5, 0.6) is 0 Å². The van der Waals surface area contributed by atoms with Gasteiger partial charge in [0.1, 0.15) is 11.3 Å². The summed E-state index contributed by atoms with van der Waals surface area (Å²) in [7, 11) is 0. The molecule has 5 nitrogen and oxygen atoms in total. The number of benzene rings is 1. The Morgan fingerprint density at radius 2 is 2.05 bits per heavy atom. The van der Waals surface area contributed by atoms with Crippen molar-refractivity contribution in [2.45, 2.75) is 13.0 Å². The molecular weight excluding hydrogens is 268 g/mol. The normalized spacial score (nSPS) is 15.5. The van der Waals surface area contributed by atoms with Crippen molar-refractivity contribution in [3.8, 4) is 0 Å². The van der Waals surface area contributed by atoms with E-state index in [0.717, 1.165) is 16.7 Å². The molecule has 5 heteroatoms. The Balaban J connectivity index is 1.42. The molecular formula is C16H20N2O3. The fourth-order valence-electron chi connectivity index (χ4n) is 2.50. The summed E-state index contributed by atoms with van der Waals surface area (Å²) in [4.78, 5) is 13.8. The number of morpholine rings is 1. The summed E-state index contributed by atoms with van der Waals surface area (Å²) in [6, 6.07) is 9.98. The molecule has 2 heterocycles. The predicted octanol–water partition coefficient (Wildman–Crippen LogP) is 1.77. The highest BCUT2D eigenvalue weighted by Crippen LogP contribution is 2.18. The van der Waals surface area contributed by atoms with Crippen molar-refractivity contribution in [2.24, 2.45) is 0 Å². The van der Waals surface area contributed by atoms with E-state index in [-0.39, 0.29) is 5.91 Å². The van der Waals surface area contributed by atoms with Crippen LogP contribution in [-0.2, 0) is 16.1 Å². The third kappa shape index (κ3) is 3.62. The summed E-state index contributed by atoms with van der Waals surface area (Å²) < 4.78 is 11.0. The number of hydrogen-bond acceptors (Lipinski definition) is 4. The van der Waals surface area contributed by atoms with Crippen LogP contribution < -0.4 is 5.32 Å². The number of rotatable bonds is 5. The minimum Gasteiger partial charge on any atom is -0.460 e. The molecule has 1 fully saturated rings. The smallest absolute Gasteiger partial charge is 0.224 e. The fraction of sp³-hybridized carbons (Fsp3) is 0.438. The van der Waals surface area contributed by atoms with Gasteiger partial charge in [-0.2, -0.15) is 0 Å². The van der Waals surface area contributed by atoms with Gasteiger partial charge in [-0.25, -0.2) is 0 Å². The van der Waals surface area contributed by atoms with Crippen LogP contribution >= 0.6 is 0 Å². The van der Waals surface area contributed by atoms with Crippen molar-refractivity contribution in [1.82, 2.24) is 10.2 Å². The summed E-state index contributed by atoms with van der Waals surface area (Å²) in [6.45, 7) is 4.03. The van der Waals surface area contributed by atoms with Crippen molar-refractivity contribution in [1.29, 1.82) is 0 Å². The minimum atomic E-state index is 0.190. The first kappa shape index (κ1) is 14.1. The van der Waals surface area contributed by atoms with Gasteiger partial charge < -0.3 is 19.4 Å². The summed E-state index contributed by atoms with van der Waals surface area (Å²) in [6.07, 6.45) is 0.514. The standard InChI is InChI=1S/C16H20N2O3/c19-16(18-7-9-20-10-8-18)5-6-17-12-14-11-13-3-1-2-4-15(13)21-14/h1-4,11,17H,5-10,12H2. The summed E-state index contributed by atoms with van der Waals surface area (Å²) >= 11 is 0. The van der Waals surface area contributed by atoms with Gasteiger partial charge in [-0.15, -0.1) is 0 Å². The van der Waals surface area contributed by atoms with E-state index < -0.39 is 0 Å². The first-order valence-corrected chi connectivity index (χ1v) is 7.36. The zero-order valence-electron chi connectivity index (χ0n) is 12.0. The van der Waals surface area contributed by atoms with E-state index >= 15 is 0 Å². The molecule has 0 radical (unpaired) electrons. The van der Waals surface area contributed by atoms with Gasteiger partial charge in [0.2, 0.25) is 5.91 Å². The molecule has 1 aromatic heterocycles. The first-order chi connectivity index (χ1) is 10.3. The minimum absolute atomic E-state index is 0.190. The van der Waals surface area contributed by atoms with E-state index in [2.05, 4.69) is 5.32 Å². The monoisotopic (exact) mass is 288 g/mol. The van der Waals surface area contributed by atoms with E-state index in [1.807, 2.05) is 35.2 Å². The SMILES string of the molecule is O=C(CCNCc1cc2ccccc2o1)N1CCOCC1. The summed E-state index contributed by atoms with van der Waals surface area (Å²) in [5, 5.41) is 4.37. The molecule has 1 amide bonds. The molecule has 2 aromatic rings. The Bertz CT molecular complexity index is 569. The van der Waals surface area contributed by atoms with E-state index in [0.29, 0.717) is 45.8 Å². The second kappa shape index (κ2) is 6.74. The molecule has 0 spiro atoms. The van der Waals surface area contributed by atoms with E-state index in [1.54, 1.807) is 0 Å². The highest BCUT2D eigenvalue weighted by molar-refractivity contribution is 5.77. The number of fused-ring (bicyclic) bond motifs is 1. The lowest BCUT2D eigenvalue weighted by Gasteiger charge is -2.26. The molecule has 112 valence electrons. The maximum absolute atomic E-state index is 12.0. The number of carbonyl (C=O) groups excluding carboxylic acids is 1. The van der Waals surface area contributed by atoms with Crippen molar-refractivity contribution < 1.29 is 13.9 Å². The zero-order chi connectivity index (χ0) is 14.5. The molecule has 1 aliphatic rings. The molecule has 1 N–H and O–H groups in total. The molecule has 3 rings (SSSR count). The maximum Gasteiger partial charge on any atom is 0.224 e. The van der Waals surface area contributed by atoms with Crippen LogP contribution in [0.4, 0.5) is 0 Å². The quantitative estimate of drug-likeness (QED) is 0.852. The molecule has 0 saturated carbocycles. The highest BCUT2D eigenvalue weighted by Gasteiger charge is 2.15. The molecule has 0 bridgehead atoms. The van der Waals surface area contributed by atoms with Gasteiger partial charge in [0, 0.05) is 31.4 Å². The van der Waals surface area contributed by atoms with Gasteiger partial charge in [-0.1, -0.05) is 18.2 Å². The number of ether oxygens (including phenoxy) is 1. The van der Waals surface area contributed by atoms with Crippen LogP contribution in [0.2, 0.25) is 0 Å². The third-order valence-corrected chi connectivity index (χ3v) is 3.66. The molecule has 0 atom stereocenters. The lowest BCUT2D eigenvalue weighted by Crippen LogP contribution is -2.41. The topological polar surface area (TPSA) is 54.7 Å². The molecule has 21 heavy (non-hydrogen) atoms. The average molecular weight is 288 g/mol. The summed E-state index contributed by atoms with van der Waals surface area (Å²) in [5.74, 6) is 1.09. The van der Waals surface area contributed by atoms with Crippen LogP contribution in [0.25, 0.3) is 11.0 Å². The number of nitrogens with zero attached hydrogens (tertiary/aromatic N) is 1. The summed E-state index contributed by atoms with van der Waals surface area (Å²) in [5.41, 5.74) is 0.902. The Kier molecular flexibility index (Phi) is 4.52. The van der Waals surface area contributed by atoms with Crippen molar-refractivity contribution in [3.05, 3.63) is 36.1 Å². The van der Waals surface area contributed by atoms with Gasteiger partial charge in [-0.05, 0) is 12.1 Å². The van der Waals surface area contributed by atoms with Crippen molar-refractivity contribution in [3.63, 3.8) is 0 Å². The highest BCUT2D eigenvalue weighted by atomic mass is 16.5. The van der Waals surface area contributed by atoms with Gasteiger partial charge >= 0.3 is 0 Å². The number of amides is 1. The van der Waals surface area contributed by atoms with Crippen LogP contribution in [-0.4, -0.2) is 43.7 Å². The molecule has 1 aliphatic heterocycles. The lowest BCUT2D eigenvalue weighted by atomic mass is 10.2. The lowest BCUT2D eigenvalue weighted by molar-refractivity contribution is -0.135. The van der Waals surface area contributed by atoms with Gasteiger partial charge in [0.25, 0.3) is 0 Å². The molecule has 1 saturated heterocycles. The van der Waals surface area contributed by atoms with Crippen LogP contribution in [0, 0.1) is 0 Å². The zero-order valence-corrected chi connectivity index (χ0v) is 12.0. The Labute approximate surface area is 123 Å². The van der Waals surface area contributed by atoms with Crippen molar-refractivity contribution in [2.75, 3.05) is 32.8 Å². The van der Waals surface area contributed by atoms with E-state index in [1.165, 1.54) is 0 Å². The second-order valence-electron chi connectivity index (χ2n) is 5.17. The number of hydrogen-bond donors (Lipinski definition) is 1. The predicted molar refractivity (Wildman–Crippen MR) is 79.9 cm³/mol. The van der Waals surface area contributed by atoms with Gasteiger partial charge in [0.15, 0.2) is 0 Å². The largest absolute Gasteiger partial charge is 0.460 e. The third-order valence-electron chi connectivity index (χ3n) is 3.66. The molecule has 0 aliphatic carbocycles. The Morgan fingerprint density at radius 1 is 1.24 bits per heavy atom. The fourth-order valence-corrected chi connectivity index (χ4v) is 2.50. The Morgan fingerprint density at radius 3 is 2.86 bits per heavy atom. The van der Waals surface area contributed by atoms with E-state index in [9.17, 15) is 4.79 Å². The maximum atomic E-state index is 12.0. The van der Waals surface area contributed by atoms with Crippen LogP contribution in [0.15, 0.2) is 34.7 Å². The first-order valence-electron chi connectivity index (χ1n) is 7.36. The number of para-hydroxylation sites is 1. The molecule has 1 aromatic carbocycles.